The number of rotatable bonds is 9. The lowest BCUT2D eigenvalue weighted by Gasteiger charge is -2.12. The van der Waals surface area contributed by atoms with Gasteiger partial charge in [0.05, 0.1) is 6.61 Å². The number of hydrogen-bond donors (Lipinski definition) is 2. The van der Waals surface area contributed by atoms with Crippen molar-refractivity contribution in [2.24, 2.45) is 5.73 Å². The van der Waals surface area contributed by atoms with Gasteiger partial charge in [-0.25, -0.2) is 0 Å². The Morgan fingerprint density at radius 1 is 1.43 bits per heavy atom. The number of ether oxygens (including phenoxy) is 1. The highest BCUT2D eigenvalue weighted by Crippen LogP contribution is 2.25. The predicted molar refractivity (Wildman–Crippen MR) is 84.0 cm³/mol. The summed E-state index contributed by atoms with van der Waals surface area (Å²) < 4.78 is 5.54. The number of carboxylic acid groups (broad SMARTS) is 1. The van der Waals surface area contributed by atoms with Crippen molar-refractivity contribution in [2.75, 3.05) is 12.4 Å². The molecule has 116 valence electrons. The molecule has 0 aliphatic carbocycles. The summed E-state index contributed by atoms with van der Waals surface area (Å²) in [5.74, 6) is 1.09. The topological polar surface area (TPSA) is 89.6 Å². The van der Waals surface area contributed by atoms with Crippen LogP contribution in [0.4, 0.5) is 0 Å². The molecule has 1 aromatic rings. The van der Waals surface area contributed by atoms with Crippen molar-refractivity contribution < 1.29 is 19.4 Å². The van der Waals surface area contributed by atoms with Gasteiger partial charge in [0.1, 0.15) is 11.8 Å². The van der Waals surface area contributed by atoms with Gasteiger partial charge < -0.3 is 15.6 Å². The van der Waals surface area contributed by atoms with E-state index in [-0.39, 0.29) is 5.78 Å². The Labute approximate surface area is 128 Å². The average Bonchev–Trinajstić information content (AvgIpc) is 2.44. The Morgan fingerprint density at radius 2 is 2.14 bits per heavy atom. The number of ketones is 1. The Kier molecular flexibility index (Phi) is 7.25. The summed E-state index contributed by atoms with van der Waals surface area (Å²) in [6, 6.07) is 4.56. The molecule has 0 saturated heterocycles. The average molecular weight is 311 g/mol. The molecule has 0 aromatic heterocycles. The quantitative estimate of drug-likeness (QED) is 0.537. The number of Topliss-reactive ketones (excluding diaryl/α,β-unsaturated/α-hetero) is 1. The number of aliphatic carboxylic acids is 1. The first-order chi connectivity index (χ1) is 9.95. The maximum absolute atomic E-state index is 11.4. The molecule has 1 atom stereocenters. The van der Waals surface area contributed by atoms with E-state index in [0.717, 1.165) is 11.3 Å². The first-order valence-electron chi connectivity index (χ1n) is 6.78. The zero-order chi connectivity index (χ0) is 15.8. The van der Waals surface area contributed by atoms with Crippen molar-refractivity contribution in [3.05, 3.63) is 29.3 Å². The molecule has 1 rings (SSSR count). The molecular formula is C15H21NO4S. The third kappa shape index (κ3) is 5.77. The number of carbonyl (C=O) groups excluding carboxylic acids is 1. The number of nitrogens with two attached hydrogens (primary N) is 1. The summed E-state index contributed by atoms with van der Waals surface area (Å²) in [6.45, 7) is 3.99. The normalized spacial score (nSPS) is 12.0. The summed E-state index contributed by atoms with van der Waals surface area (Å²) in [5.41, 5.74) is 7.05. The summed E-state index contributed by atoms with van der Waals surface area (Å²) in [5, 5.41) is 8.72. The van der Waals surface area contributed by atoms with Gasteiger partial charge in [0.2, 0.25) is 0 Å². The van der Waals surface area contributed by atoms with E-state index in [2.05, 4.69) is 0 Å². The summed E-state index contributed by atoms with van der Waals surface area (Å²) in [4.78, 5) is 22.1. The van der Waals surface area contributed by atoms with E-state index in [0.29, 0.717) is 30.1 Å². The van der Waals surface area contributed by atoms with E-state index >= 15 is 0 Å². The SMILES string of the molecule is CCOc1ccc(C(C)=O)cc1CSCCC(N)C(=O)O. The number of carboxylic acids is 1. The van der Waals surface area contributed by atoms with Crippen LogP contribution in [0, 0.1) is 0 Å². The molecule has 1 aromatic carbocycles. The van der Waals surface area contributed by atoms with Gasteiger partial charge in [-0.2, -0.15) is 11.8 Å². The zero-order valence-corrected chi connectivity index (χ0v) is 13.1. The van der Waals surface area contributed by atoms with Crippen LogP contribution in [0.1, 0.15) is 36.2 Å². The lowest BCUT2D eigenvalue weighted by Crippen LogP contribution is -2.30. The predicted octanol–water partition coefficient (Wildman–Crippen LogP) is 2.32. The lowest BCUT2D eigenvalue weighted by molar-refractivity contribution is -0.138. The van der Waals surface area contributed by atoms with Crippen LogP contribution in [0.5, 0.6) is 5.75 Å². The van der Waals surface area contributed by atoms with Gasteiger partial charge in [0.25, 0.3) is 0 Å². The molecule has 0 aliphatic rings. The van der Waals surface area contributed by atoms with Crippen molar-refractivity contribution in [1.82, 2.24) is 0 Å². The van der Waals surface area contributed by atoms with E-state index in [4.69, 9.17) is 15.6 Å². The number of benzene rings is 1. The molecule has 0 amide bonds. The van der Waals surface area contributed by atoms with Gasteiger partial charge >= 0.3 is 5.97 Å². The lowest BCUT2D eigenvalue weighted by atomic mass is 10.1. The Bertz CT molecular complexity index is 504. The molecule has 0 bridgehead atoms. The van der Waals surface area contributed by atoms with E-state index < -0.39 is 12.0 Å². The van der Waals surface area contributed by atoms with Gasteiger partial charge in [-0.05, 0) is 44.2 Å². The highest BCUT2D eigenvalue weighted by Gasteiger charge is 2.12. The van der Waals surface area contributed by atoms with Crippen LogP contribution in [0.2, 0.25) is 0 Å². The van der Waals surface area contributed by atoms with Crippen molar-refractivity contribution in [1.29, 1.82) is 0 Å². The summed E-state index contributed by atoms with van der Waals surface area (Å²) >= 11 is 1.58. The molecule has 1 unspecified atom stereocenters. The fraction of sp³-hybridized carbons (Fsp3) is 0.467. The Morgan fingerprint density at radius 3 is 2.71 bits per heavy atom. The smallest absolute Gasteiger partial charge is 0.320 e. The second-order valence-electron chi connectivity index (χ2n) is 4.60. The molecule has 0 heterocycles. The largest absolute Gasteiger partial charge is 0.494 e. The van der Waals surface area contributed by atoms with Crippen LogP contribution in [0.25, 0.3) is 0 Å². The third-order valence-electron chi connectivity index (χ3n) is 2.91. The summed E-state index contributed by atoms with van der Waals surface area (Å²) in [7, 11) is 0. The third-order valence-corrected chi connectivity index (χ3v) is 3.95. The fourth-order valence-corrected chi connectivity index (χ4v) is 2.73. The monoisotopic (exact) mass is 311 g/mol. The minimum absolute atomic E-state index is 0.0113. The van der Waals surface area contributed by atoms with Crippen LogP contribution in [-0.4, -0.2) is 35.3 Å². The van der Waals surface area contributed by atoms with Crippen LogP contribution >= 0.6 is 11.8 Å². The second kappa shape index (κ2) is 8.69. The Balaban J connectivity index is 2.64. The molecule has 0 aliphatic heterocycles. The van der Waals surface area contributed by atoms with Crippen molar-refractivity contribution in [3.8, 4) is 5.75 Å². The van der Waals surface area contributed by atoms with Gasteiger partial charge in [-0.15, -0.1) is 0 Å². The van der Waals surface area contributed by atoms with Gasteiger partial charge in [-0.1, -0.05) is 0 Å². The maximum atomic E-state index is 11.4. The standard InChI is InChI=1S/C15H21NO4S/c1-3-20-14-5-4-11(10(2)17)8-12(14)9-21-7-6-13(16)15(18)19/h4-5,8,13H,3,6-7,9,16H2,1-2H3,(H,18,19). The van der Waals surface area contributed by atoms with Gasteiger partial charge in [0, 0.05) is 16.9 Å². The van der Waals surface area contributed by atoms with Crippen molar-refractivity contribution in [3.63, 3.8) is 0 Å². The zero-order valence-electron chi connectivity index (χ0n) is 12.3. The molecule has 0 spiro atoms. The van der Waals surface area contributed by atoms with Gasteiger partial charge in [0.15, 0.2) is 5.78 Å². The van der Waals surface area contributed by atoms with Crippen LogP contribution in [0.3, 0.4) is 0 Å². The van der Waals surface area contributed by atoms with Crippen molar-refractivity contribution >= 4 is 23.5 Å². The van der Waals surface area contributed by atoms with Crippen LogP contribution < -0.4 is 10.5 Å². The van der Waals surface area contributed by atoms with Gasteiger partial charge in [-0.3, -0.25) is 9.59 Å². The molecule has 0 fully saturated rings. The second-order valence-corrected chi connectivity index (χ2v) is 5.70. The van der Waals surface area contributed by atoms with E-state index in [1.54, 1.807) is 23.9 Å². The molecule has 6 heteroatoms. The number of carbonyl (C=O) groups is 2. The first kappa shape index (κ1) is 17.5. The molecule has 5 nitrogen and oxygen atoms in total. The minimum atomic E-state index is -0.982. The van der Waals surface area contributed by atoms with E-state index in [9.17, 15) is 9.59 Å². The fourth-order valence-electron chi connectivity index (χ4n) is 1.72. The van der Waals surface area contributed by atoms with Crippen LogP contribution in [-0.2, 0) is 10.5 Å². The van der Waals surface area contributed by atoms with E-state index in [1.165, 1.54) is 6.92 Å². The molecule has 0 radical (unpaired) electrons. The number of thioether (sulfide) groups is 1. The molecular weight excluding hydrogens is 290 g/mol. The maximum Gasteiger partial charge on any atom is 0.320 e. The molecule has 0 saturated carbocycles. The van der Waals surface area contributed by atoms with Crippen LogP contribution in [0.15, 0.2) is 18.2 Å². The summed E-state index contributed by atoms with van der Waals surface area (Å²) in [6.07, 6.45) is 0.413. The Hall–Kier alpha value is -1.53. The molecule has 3 N–H and O–H groups in total. The van der Waals surface area contributed by atoms with E-state index in [1.807, 2.05) is 13.0 Å². The highest BCUT2D eigenvalue weighted by molar-refractivity contribution is 7.98. The minimum Gasteiger partial charge on any atom is -0.494 e. The number of hydrogen-bond acceptors (Lipinski definition) is 5. The highest BCUT2D eigenvalue weighted by atomic mass is 32.2. The molecule has 21 heavy (non-hydrogen) atoms. The first-order valence-corrected chi connectivity index (χ1v) is 7.94. The van der Waals surface area contributed by atoms with Crippen molar-refractivity contribution in [2.45, 2.75) is 32.1 Å².